The lowest BCUT2D eigenvalue weighted by atomic mass is 9.84. The van der Waals surface area contributed by atoms with Crippen molar-refractivity contribution in [3.8, 4) is 0 Å². The van der Waals surface area contributed by atoms with Crippen molar-refractivity contribution < 1.29 is 55.7 Å². The Bertz CT molecular complexity index is 2200. The van der Waals surface area contributed by atoms with Crippen molar-refractivity contribution in [2.24, 2.45) is 0 Å². The number of amides is 4. The Morgan fingerprint density at radius 2 is 1.28 bits per heavy atom. The van der Waals surface area contributed by atoms with Gasteiger partial charge in [0.15, 0.2) is 0 Å². The predicted octanol–water partition coefficient (Wildman–Crippen LogP) is 10.1. The van der Waals surface area contributed by atoms with Gasteiger partial charge in [-0.15, -0.1) is 0 Å². The molecular weight excluding hydrogens is 849 g/mol. The topological polar surface area (TPSA) is 145 Å². The molecule has 1 aliphatic rings. The van der Waals surface area contributed by atoms with Crippen LogP contribution in [0.4, 0.5) is 37.6 Å². The Morgan fingerprint density at radius 1 is 0.738 bits per heavy atom. The first-order valence-electron chi connectivity index (χ1n) is 21.5. The Labute approximate surface area is 377 Å². The van der Waals surface area contributed by atoms with E-state index in [0.29, 0.717) is 23.1 Å². The number of anilines is 1. The van der Waals surface area contributed by atoms with Crippen molar-refractivity contribution in [1.82, 2.24) is 15.5 Å². The van der Waals surface area contributed by atoms with E-state index in [1.54, 1.807) is 60.6 Å². The molecular formula is C49H58F4N4O8. The zero-order chi connectivity index (χ0) is 47.6. The molecule has 0 bridgehead atoms. The molecule has 4 amide bonds. The summed E-state index contributed by atoms with van der Waals surface area (Å²) in [6, 6.07) is 17.8. The van der Waals surface area contributed by atoms with E-state index in [0.717, 1.165) is 0 Å². The highest BCUT2D eigenvalue weighted by Gasteiger charge is 2.41. The van der Waals surface area contributed by atoms with Crippen molar-refractivity contribution in [3.63, 3.8) is 0 Å². The van der Waals surface area contributed by atoms with Crippen LogP contribution in [-0.4, -0.2) is 77.7 Å². The number of nitrogens with one attached hydrogen (secondary N) is 3. The molecule has 12 nitrogen and oxygen atoms in total. The van der Waals surface area contributed by atoms with Crippen LogP contribution in [0.1, 0.15) is 102 Å². The standard InChI is InChI=1S/C49H58F4N4O8/c1-9-39(30-13-19-33(50)20-14-30)55-45(59)62-28-41-29(2)63-36(27-57(41)47(61)65-49(6,7)8)25-26-37-38(53)11-10-12-40(37)54-44(58)43(56-46(60)64-48(3,4)5)42(31-15-21-34(51)22-16-31)32-17-23-35(52)24-18-32/h10-24,29,36,39,41-43H,9,25-28H2,1-8H3,(H,54,58)(H,55,59)(H,56,60)/t29-,36+,39+,41+,43?/m0/s1. The highest BCUT2D eigenvalue weighted by molar-refractivity contribution is 5.98. The third kappa shape index (κ3) is 14.4. The molecule has 0 aromatic heterocycles. The lowest BCUT2D eigenvalue weighted by Crippen LogP contribution is -2.59. The van der Waals surface area contributed by atoms with Crippen LogP contribution >= 0.6 is 0 Å². The van der Waals surface area contributed by atoms with Crippen LogP contribution in [0.25, 0.3) is 0 Å². The summed E-state index contributed by atoms with van der Waals surface area (Å²) in [6.45, 7) is 13.4. The van der Waals surface area contributed by atoms with Gasteiger partial charge in [0.25, 0.3) is 0 Å². The summed E-state index contributed by atoms with van der Waals surface area (Å²) >= 11 is 0. The lowest BCUT2D eigenvalue weighted by Gasteiger charge is -2.43. The number of morpholine rings is 1. The molecule has 5 rings (SSSR count). The van der Waals surface area contributed by atoms with Gasteiger partial charge in [0, 0.05) is 17.2 Å². The van der Waals surface area contributed by atoms with Gasteiger partial charge in [0.1, 0.15) is 47.1 Å². The quantitative estimate of drug-likeness (QED) is 0.0838. The molecule has 65 heavy (non-hydrogen) atoms. The highest BCUT2D eigenvalue weighted by atomic mass is 19.1. The fourth-order valence-corrected chi connectivity index (χ4v) is 7.52. The molecule has 16 heteroatoms. The maximum atomic E-state index is 15.9. The van der Waals surface area contributed by atoms with E-state index in [1.165, 1.54) is 83.8 Å². The molecule has 4 aromatic rings. The molecule has 1 saturated heterocycles. The molecule has 0 saturated carbocycles. The summed E-state index contributed by atoms with van der Waals surface area (Å²) in [5, 5.41) is 8.21. The summed E-state index contributed by atoms with van der Waals surface area (Å²) in [4.78, 5) is 55.9. The number of alkyl carbamates (subject to hydrolysis) is 2. The van der Waals surface area contributed by atoms with E-state index < -0.39 is 94.9 Å². The molecule has 0 radical (unpaired) electrons. The van der Waals surface area contributed by atoms with E-state index in [9.17, 15) is 32.3 Å². The summed E-state index contributed by atoms with van der Waals surface area (Å²) in [6.07, 6.45) is -3.06. The number of hydrogen-bond donors (Lipinski definition) is 3. The minimum Gasteiger partial charge on any atom is -0.447 e. The number of halogens is 4. The van der Waals surface area contributed by atoms with Crippen LogP contribution in [0.3, 0.4) is 0 Å². The van der Waals surface area contributed by atoms with Crippen molar-refractivity contribution in [1.29, 1.82) is 0 Å². The first kappa shape index (κ1) is 49.8. The minimum absolute atomic E-state index is 0.0106. The first-order valence-corrected chi connectivity index (χ1v) is 21.5. The summed E-state index contributed by atoms with van der Waals surface area (Å²) < 4.78 is 80.9. The van der Waals surface area contributed by atoms with Crippen LogP contribution in [0.15, 0.2) is 91.0 Å². The van der Waals surface area contributed by atoms with Gasteiger partial charge >= 0.3 is 18.3 Å². The summed E-state index contributed by atoms with van der Waals surface area (Å²) in [5.41, 5.74) is -0.134. The average molecular weight is 907 g/mol. The van der Waals surface area contributed by atoms with Gasteiger partial charge < -0.3 is 34.9 Å². The predicted molar refractivity (Wildman–Crippen MR) is 236 cm³/mol. The number of benzene rings is 4. The highest BCUT2D eigenvalue weighted by Crippen LogP contribution is 2.32. The molecule has 1 unspecified atom stereocenters. The summed E-state index contributed by atoms with van der Waals surface area (Å²) in [7, 11) is 0. The monoisotopic (exact) mass is 906 g/mol. The molecule has 0 aliphatic carbocycles. The number of ether oxygens (including phenoxy) is 4. The normalized spacial score (nSPS) is 17.4. The van der Waals surface area contributed by atoms with Crippen LogP contribution in [0.2, 0.25) is 0 Å². The zero-order valence-electron chi connectivity index (χ0n) is 37.9. The van der Waals surface area contributed by atoms with Gasteiger partial charge in [-0.25, -0.2) is 31.9 Å². The molecule has 0 spiro atoms. The smallest absolute Gasteiger partial charge is 0.410 e. The molecule has 5 atom stereocenters. The second kappa shape index (κ2) is 21.7. The number of nitrogens with zero attached hydrogens (tertiary/aromatic N) is 1. The van der Waals surface area contributed by atoms with E-state index in [-0.39, 0.29) is 37.2 Å². The maximum absolute atomic E-state index is 15.9. The Morgan fingerprint density at radius 3 is 1.80 bits per heavy atom. The SMILES string of the molecule is CC[C@@H](NC(=O)OC[C@@H]1[C@H](C)O[C@H](CCc2c(F)cccc2NC(=O)C(NC(=O)OC(C)(C)C)C(c2ccc(F)cc2)c2ccc(F)cc2)CN1C(=O)OC(C)(C)C)c1ccc(F)cc1. The molecule has 1 heterocycles. The van der Waals surface area contributed by atoms with E-state index in [1.807, 2.05) is 6.92 Å². The number of carbonyl (C=O) groups is 4. The van der Waals surface area contributed by atoms with Gasteiger partial charge in [-0.05, 0) is 133 Å². The van der Waals surface area contributed by atoms with E-state index in [2.05, 4.69) is 16.0 Å². The van der Waals surface area contributed by atoms with Crippen molar-refractivity contribution in [2.75, 3.05) is 18.5 Å². The van der Waals surface area contributed by atoms with Gasteiger partial charge in [0.05, 0.1) is 30.8 Å². The largest absolute Gasteiger partial charge is 0.447 e. The Hall–Kier alpha value is -6.16. The molecule has 4 aromatic carbocycles. The third-order valence-electron chi connectivity index (χ3n) is 10.6. The van der Waals surface area contributed by atoms with E-state index in [4.69, 9.17) is 18.9 Å². The van der Waals surface area contributed by atoms with Crippen LogP contribution in [-0.2, 0) is 30.2 Å². The second-order valence-corrected chi connectivity index (χ2v) is 17.9. The average Bonchev–Trinajstić information content (AvgIpc) is 3.22. The number of hydrogen-bond acceptors (Lipinski definition) is 8. The molecule has 3 N–H and O–H groups in total. The first-order chi connectivity index (χ1) is 30.6. The maximum Gasteiger partial charge on any atom is 0.410 e. The molecule has 350 valence electrons. The van der Waals surface area contributed by atoms with Gasteiger partial charge in [0.2, 0.25) is 5.91 Å². The van der Waals surface area contributed by atoms with E-state index >= 15 is 4.39 Å². The Balaban J connectivity index is 1.36. The lowest BCUT2D eigenvalue weighted by molar-refractivity contribution is -0.122. The molecule has 1 fully saturated rings. The Kier molecular flexibility index (Phi) is 16.6. The fraction of sp³-hybridized carbons (Fsp3) is 0.429. The van der Waals surface area contributed by atoms with Crippen LogP contribution in [0, 0.1) is 23.3 Å². The minimum atomic E-state index is -1.45. The van der Waals surface area contributed by atoms with Crippen molar-refractivity contribution in [3.05, 3.63) is 137 Å². The zero-order valence-corrected chi connectivity index (χ0v) is 37.9. The van der Waals surface area contributed by atoms with Crippen LogP contribution < -0.4 is 16.0 Å². The molecule has 1 aliphatic heterocycles. The van der Waals surface area contributed by atoms with Crippen molar-refractivity contribution in [2.45, 2.75) is 122 Å². The van der Waals surface area contributed by atoms with Gasteiger partial charge in [-0.2, -0.15) is 0 Å². The second-order valence-electron chi connectivity index (χ2n) is 17.9. The number of carbonyl (C=O) groups excluding carboxylic acids is 4. The number of rotatable bonds is 14. The third-order valence-corrected chi connectivity index (χ3v) is 10.6. The van der Waals surface area contributed by atoms with Gasteiger partial charge in [-0.1, -0.05) is 49.4 Å². The fourth-order valence-electron chi connectivity index (χ4n) is 7.52. The van der Waals surface area contributed by atoms with Gasteiger partial charge in [-0.3, -0.25) is 9.69 Å². The van der Waals surface area contributed by atoms with Crippen LogP contribution in [0.5, 0.6) is 0 Å². The summed E-state index contributed by atoms with van der Waals surface area (Å²) in [5.74, 6) is -3.92. The van der Waals surface area contributed by atoms with Crippen molar-refractivity contribution >= 4 is 29.9 Å².